The Kier molecular flexibility index (Phi) is 3.48. The van der Waals surface area contributed by atoms with Crippen LogP contribution in [0.3, 0.4) is 0 Å². The summed E-state index contributed by atoms with van der Waals surface area (Å²) in [6.07, 6.45) is 3.37. The van der Waals surface area contributed by atoms with E-state index in [0.717, 1.165) is 18.4 Å². The van der Waals surface area contributed by atoms with E-state index in [1.165, 1.54) is 6.26 Å². The average Bonchev–Trinajstić information content (AvgIpc) is 3.17. The molecule has 21 heavy (non-hydrogen) atoms. The Morgan fingerprint density at radius 1 is 1.19 bits per heavy atom. The minimum atomic E-state index is -0.311. The zero-order valence-corrected chi connectivity index (χ0v) is 11.7. The number of anilines is 2. The highest BCUT2D eigenvalue weighted by atomic mass is 16.3. The molecule has 3 rings (SSSR count). The molecule has 1 aliphatic rings. The molecule has 108 valence electrons. The summed E-state index contributed by atoms with van der Waals surface area (Å²) in [5.74, 6) is 0.130. The molecule has 1 aliphatic carbocycles. The topological polar surface area (TPSA) is 71.3 Å². The minimum absolute atomic E-state index is 0.0437. The van der Waals surface area contributed by atoms with Crippen molar-refractivity contribution in [3.63, 3.8) is 0 Å². The molecule has 2 aromatic rings. The molecular formula is C16H16N2O3. The van der Waals surface area contributed by atoms with E-state index in [-0.39, 0.29) is 23.5 Å². The quantitative estimate of drug-likeness (QED) is 0.905. The van der Waals surface area contributed by atoms with Gasteiger partial charge in [-0.2, -0.15) is 0 Å². The van der Waals surface area contributed by atoms with Gasteiger partial charge in [0.05, 0.1) is 6.26 Å². The minimum Gasteiger partial charge on any atom is -0.459 e. The molecule has 0 aliphatic heterocycles. The van der Waals surface area contributed by atoms with Crippen molar-refractivity contribution >= 4 is 23.2 Å². The number of furan rings is 1. The summed E-state index contributed by atoms with van der Waals surface area (Å²) in [5, 5.41) is 5.65. The highest BCUT2D eigenvalue weighted by Gasteiger charge is 2.29. The second-order valence-corrected chi connectivity index (χ2v) is 5.22. The molecule has 1 aromatic carbocycles. The molecule has 1 saturated carbocycles. The molecular weight excluding hydrogens is 268 g/mol. The van der Waals surface area contributed by atoms with Gasteiger partial charge in [-0.05, 0) is 49.6 Å². The van der Waals surface area contributed by atoms with Crippen LogP contribution in [0.1, 0.15) is 29.0 Å². The SMILES string of the molecule is Cc1ccc(NC(=O)C2CC2)cc1NC(=O)c1ccco1. The summed E-state index contributed by atoms with van der Waals surface area (Å²) < 4.78 is 5.06. The van der Waals surface area contributed by atoms with Gasteiger partial charge in [-0.25, -0.2) is 0 Å². The first-order valence-electron chi connectivity index (χ1n) is 6.90. The second-order valence-electron chi connectivity index (χ2n) is 5.22. The van der Waals surface area contributed by atoms with Gasteiger partial charge < -0.3 is 15.1 Å². The lowest BCUT2D eigenvalue weighted by Crippen LogP contribution is -2.15. The zero-order valence-electron chi connectivity index (χ0n) is 11.7. The van der Waals surface area contributed by atoms with E-state index in [9.17, 15) is 9.59 Å². The predicted octanol–water partition coefficient (Wildman–Crippen LogP) is 3.19. The van der Waals surface area contributed by atoms with Crippen molar-refractivity contribution in [1.29, 1.82) is 0 Å². The lowest BCUT2D eigenvalue weighted by Gasteiger charge is -2.10. The number of nitrogens with one attached hydrogen (secondary N) is 2. The normalized spacial score (nSPS) is 13.8. The molecule has 0 atom stereocenters. The van der Waals surface area contributed by atoms with E-state index < -0.39 is 0 Å². The predicted molar refractivity (Wildman–Crippen MR) is 79.2 cm³/mol. The Labute approximate surface area is 122 Å². The molecule has 5 heteroatoms. The smallest absolute Gasteiger partial charge is 0.291 e. The fourth-order valence-electron chi connectivity index (χ4n) is 2.02. The summed E-state index contributed by atoms with van der Waals surface area (Å²) in [6.45, 7) is 1.89. The van der Waals surface area contributed by atoms with Gasteiger partial charge in [0.2, 0.25) is 5.91 Å². The summed E-state index contributed by atoms with van der Waals surface area (Å²) in [5.41, 5.74) is 2.26. The molecule has 0 spiro atoms. The van der Waals surface area contributed by atoms with Crippen molar-refractivity contribution < 1.29 is 14.0 Å². The number of amides is 2. The fourth-order valence-corrected chi connectivity index (χ4v) is 2.02. The Balaban J connectivity index is 1.74. The van der Waals surface area contributed by atoms with Gasteiger partial charge in [0.15, 0.2) is 5.76 Å². The van der Waals surface area contributed by atoms with Crippen LogP contribution >= 0.6 is 0 Å². The van der Waals surface area contributed by atoms with Crippen LogP contribution in [-0.2, 0) is 4.79 Å². The summed E-state index contributed by atoms with van der Waals surface area (Å²) in [6, 6.07) is 8.71. The van der Waals surface area contributed by atoms with E-state index in [4.69, 9.17) is 4.42 Å². The average molecular weight is 284 g/mol. The Hall–Kier alpha value is -2.56. The van der Waals surface area contributed by atoms with Crippen LogP contribution in [0.25, 0.3) is 0 Å². The molecule has 1 fully saturated rings. The first-order chi connectivity index (χ1) is 10.1. The lowest BCUT2D eigenvalue weighted by atomic mass is 10.1. The Morgan fingerprint density at radius 3 is 2.67 bits per heavy atom. The highest BCUT2D eigenvalue weighted by Crippen LogP contribution is 2.30. The Morgan fingerprint density at radius 2 is 2.00 bits per heavy atom. The van der Waals surface area contributed by atoms with Crippen molar-refractivity contribution in [2.24, 2.45) is 5.92 Å². The van der Waals surface area contributed by atoms with Crippen LogP contribution in [0.5, 0.6) is 0 Å². The van der Waals surface area contributed by atoms with Crippen LogP contribution in [-0.4, -0.2) is 11.8 Å². The number of hydrogen-bond donors (Lipinski definition) is 2. The van der Waals surface area contributed by atoms with Crippen LogP contribution in [0.15, 0.2) is 41.0 Å². The van der Waals surface area contributed by atoms with E-state index in [2.05, 4.69) is 10.6 Å². The number of benzene rings is 1. The number of hydrogen-bond acceptors (Lipinski definition) is 3. The van der Waals surface area contributed by atoms with Crippen molar-refractivity contribution in [1.82, 2.24) is 0 Å². The van der Waals surface area contributed by atoms with E-state index in [1.807, 2.05) is 19.1 Å². The monoisotopic (exact) mass is 284 g/mol. The van der Waals surface area contributed by atoms with Crippen LogP contribution in [0, 0.1) is 12.8 Å². The molecule has 0 saturated heterocycles. The van der Waals surface area contributed by atoms with E-state index >= 15 is 0 Å². The van der Waals surface area contributed by atoms with Gasteiger partial charge in [0, 0.05) is 17.3 Å². The number of carbonyl (C=O) groups is 2. The van der Waals surface area contributed by atoms with Crippen LogP contribution in [0.4, 0.5) is 11.4 Å². The standard InChI is InChI=1S/C16H16N2O3/c1-10-4-7-12(17-15(19)11-5-6-11)9-13(10)18-16(20)14-3-2-8-21-14/h2-4,7-9,11H,5-6H2,1H3,(H,17,19)(H,18,20). The maximum atomic E-state index is 12.0. The lowest BCUT2D eigenvalue weighted by molar-refractivity contribution is -0.117. The molecule has 1 aromatic heterocycles. The number of carbonyl (C=O) groups excluding carboxylic acids is 2. The largest absolute Gasteiger partial charge is 0.459 e. The van der Waals surface area contributed by atoms with Gasteiger partial charge >= 0.3 is 0 Å². The summed E-state index contributed by atoms with van der Waals surface area (Å²) in [4.78, 5) is 23.8. The summed E-state index contributed by atoms with van der Waals surface area (Å²) >= 11 is 0. The first kappa shape index (κ1) is 13.4. The van der Waals surface area contributed by atoms with Gasteiger partial charge in [0.1, 0.15) is 0 Å². The molecule has 0 bridgehead atoms. The maximum Gasteiger partial charge on any atom is 0.291 e. The summed E-state index contributed by atoms with van der Waals surface area (Å²) in [7, 11) is 0. The third kappa shape index (κ3) is 3.13. The zero-order chi connectivity index (χ0) is 14.8. The van der Waals surface area contributed by atoms with E-state index in [0.29, 0.717) is 11.4 Å². The molecule has 1 heterocycles. The highest BCUT2D eigenvalue weighted by molar-refractivity contribution is 6.03. The fraction of sp³-hybridized carbons (Fsp3) is 0.250. The van der Waals surface area contributed by atoms with Gasteiger partial charge in [-0.3, -0.25) is 9.59 Å². The molecule has 0 radical (unpaired) electrons. The van der Waals surface area contributed by atoms with Crippen molar-refractivity contribution in [2.45, 2.75) is 19.8 Å². The van der Waals surface area contributed by atoms with Crippen LogP contribution < -0.4 is 10.6 Å². The van der Waals surface area contributed by atoms with E-state index in [1.54, 1.807) is 18.2 Å². The second kappa shape index (κ2) is 5.44. The molecule has 2 N–H and O–H groups in total. The van der Waals surface area contributed by atoms with Crippen molar-refractivity contribution in [3.05, 3.63) is 47.9 Å². The van der Waals surface area contributed by atoms with Crippen molar-refractivity contribution in [3.8, 4) is 0 Å². The number of aryl methyl sites for hydroxylation is 1. The van der Waals surface area contributed by atoms with Gasteiger partial charge in [0.25, 0.3) is 5.91 Å². The van der Waals surface area contributed by atoms with Crippen molar-refractivity contribution in [2.75, 3.05) is 10.6 Å². The van der Waals surface area contributed by atoms with Crippen LogP contribution in [0.2, 0.25) is 0 Å². The third-order valence-corrected chi connectivity index (χ3v) is 3.45. The number of rotatable bonds is 4. The molecule has 2 amide bonds. The first-order valence-corrected chi connectivity index (χ1v) is 6.90. The molecule has 5 nitrogen and oxygen atoms in total. The maximum absolute atomic E-state index is 12.0. The van der Waals surface area contributed by atoms with Gasteiger partial charge in [-0.15, -0.1) is 0 Å². The Bertz CT molecular complexity index is 673. The molecule has 0 unspecified atom stereocenters. The van der Waals surface area contributed by atoms with Gasteiger partial charge in [-0.1, -0.05) is 6.07 Å². The third-order valence-electron chi connectivity index (χ3n) is 3.45.